The number of halogens is 2. The van der Waals surface area contributed by atoms with Crippen LogP contribution in [0.5, 0.6) is 0 Å². The molecule has 0 spiro atoms. The van der Waals surface area contributed by atoms with Crippen molar-refractivity contribution in [2.45, 2.75) is 18.4 Å². The Morgan fingerprint density at radius 2 is 2.00 bits per heavy atom. The van der Waals surface area contributed by atoms with Gasteiger partial charge in [-0.3, -0.25) is 0 Å². The van der Waals surface area contributed by atoms with Crippen molar-refractivity contribution in [1.82, 2.24) is 9.88 Å². The van der Waals surface area contributed by atoms with E-state index in [0.29, 0.717) is 59.6 Å². The van der Waals surface area contributed by atoms with E-state index in [1.165, 1.54) is 0 Å². The number of likely N-dealkylation sites (N-methyl/N-ethyl adjacent to an activating group) is 1. The van der Waals surface area contributed by atoms with Crippen molar-refractivity contribution in [3.05, 3.63) is 22.2 Å². The van der Waals surface area contributed by atoms with Gasteiger partial charge >= 0.3 is 0 Å². The van der Waals surface area contributed by atoms with E-state index in [-0.39, 0.29) is 0 Å². The van der Waals surface area contributed by atoms with Crippen molar-refractivity contribution in [2.24, 2.45) is 0 Å². The molecule has 1 aromatic carbocycles. The van der Waals surface area contributed by atoms with Crippen LogP contribution < -0.4 is 4.90 Å². The number of hydrogen-bond acceptors (Lipinski definition) is 5. The Bertz CT molecular complexity index is 679. The van der Waals surface area contributed by atoms with Crippen LogP contribution in [0.3, 0.4) is 0 Å². The summed E-state index contributed by atoms with van der Waals surface area (Å²) in [5.41, 5.74) is 0.560. The first-order chi connectivity index (χ1) is 10.4. The molecule has 0 bridgehead atoms. The van der Waals surface area contributed by atoms with Gasteiger partial charge in [-0.05, 0) is 39.1 Å². The zero-order chi connectivity index (χ0) is 15.9. The number of rotatable bonds is 3. The molecule has 1 aliphatic heterocycles. The Morgan fingerprint density at radius 1 is 1.32 bits per heavy atom. The molecule has 22 heavy (non-hydrogen) atoms. The van der Waals surface area contributed by atoms with Crippen molar-refractivity contribution in [3.63, 3.8) is 0 Å². The maximum absolute atomic E-state index is 10.6. The highest BCUT2D eigenvalue weighted by atomic mass is 35.5. The van der Waals surface area contributed by atoms with Gasteiger partial charge in [0.25, 0.3) is 6.01 Å². The number of benzene rings is 1. The number of aromatic nitrogens is 1. The maximum atomic E-state index is 10.6. The topological polar surface area (TPSA) is 52.7 Å². The average molecular weight is 344 g/mol. The van der Waals surface area contributed by atoms with E-state index in [2.05, 4.69) is 4.98 Å². The quantitative estimate of drug-likeness (QED) is 0.928. The highest BCUT2D eigenvalue weighted by molar-refractivity contribution is 6.38. The molecular formula is C15H19Cl2N3O2. The van der Waals surface area contributed by atoms with Gasteiger partial charge in [0, 0.05) is 24.7 Å². The fraction of sp³-hybridized carbons (Fsp3) is 0.533. The van der Waals surface area contributed by atoms with Gasteiger partial charge in [-0.25, -0.2) is 0 Å². The monoisotopic (exact) mass is 343 g/mol. The average Bonchev–Trinajstić information content (AvgIpc) is 2.82. The van der Waals surface area contributed by atoms with E-state index in [1.54, 1.807) is 12.1 Å². The minimum Gasteiger partial charge on any atom is -0.422 e. The van der Waals surface area contributed by atoms with Crippen molar-refractivity contribution < 1.29 is 9.52 Å². The molecule has 0 amide bonds. The first-order valence-electron chi connectivity index (χ1n) is 7.24. The Hall–Kier alpha value is -1.01. The van der Waals surface area contributed by atoms with Crippen LogP contribution in [0.15, 0.2) is 16.5 Å². The zero-order valence-corrected chi connectivity index (χ0v) is 14.2. The second-order valence-corrected chi connectivity index (χ2v) is 7.03. The molecule has 0 aliphatic carbocycles. The Morgan fingerprint density at radius 3 is 2.64 bits per heavy atom. The van der Waals surface area contributed by atoms with Crippen molar-refractivity contribution in [1.29, 1.82) is 0 Å². The molecule has 0 radical (unpaired) electrons. The lowest BCUT2D eigenvalue weighted by Crippen LogP contribution is -2.49. The number of aliphatic hydroxyl groups is 1. The summed E-state index contributed by atoms with van der Waals surface area (Å²) >= 11 is 12.1. The summed E-state index contributed by atoms with van der Waals surface area (Å²) in [6.45, 7) is 2.06. The summed E-state index contributed by atoms with van der Waals surface area (Å²) in [5.74, 6) is 0. The van der Waals surface area contributed by atoms with E-state index in [0.717, 1.165) is 0 Å². The standard InChI is InChI=1S/C15H19Cl2N3O2/c1-19(2)9-15(21)3-5-20(6-4-15)14-18-12-8-10(16)7-11(17)13(12)22-14/h7-8,21H,3-6,9H2,1-2H3. The van der Waals surface area contributed by atoms with Crippen LogP contribution in [0.2, 0.25) is 10.0 Å². The van der Waals surface area contributed by atoms with Crippen LogP contribution in [0.1, 0.15) is 12.8 Å². The molecule has 1 fully saturated rings. The van der Waals surface area contributed by atoms with Gasteiger partial charge in [0.15, 0.2) is 5.58 Å². The van der Waals surface area contributed by atoms with Crippen LogP contribution in [0.4, 0.5) is 6.01 Å². The lowest BCUT2D eigenvalue weighted by molar-refractivity contribution is -0.00593. The van der Waals surface area contributed by atoms with E-state index >= 15 is 0 Å². The lowest BCUT2D eigenvalue weighted by atomic mass is 9.91. The second-order valence-electron chi connectivity index (χ2n) is 6.18. The Balaban J connectivity index is 1.78. The third-order valence-corrected chi connectivity index (χ3v) is 4.47. The third kappa shape index (κ3) is 3.18. The molecular weight excluding hydrogens is 325 g/mol. The molecule has 2 aromatic rings. The SMILES string of the molecule is CN(C)CC1(O)CCN(c2nc3cc(Cl)cc(Cl)c3o2)CC1. The summed E-state index contributed by atoms with van der Waals surface area (Å²) in [5, 5.41) is 11.6. The molecule has 1 aromatic heterocycles. The Labute approximate surface area is 139 Å². The van der Waals surface area contributed by atoms with Crippen molar-refractivity contribution >= 4 is 40.3 Å². The highest BCUT2D eigenvalue weighted by Gasteiger charge is 2.34. The molecule has 1 aliphatic rings. The van der Waals surface area contributed by atoms with Gasteiger partial charge in [-0.1, -0.05) is 23.2 Å². The summed E-state index contributed by atoms with van der Waals surface area (Å²) in [6.07, 6.45) is 1.36. The van der Waals surface area contributed by atoms with E-state index in [4.69, 9.17) is 27.6 Å². The van der Waals surface area contributed by atoms with Gasteiger partial charge in [0.1, 0.15) is 5.52 Å². The first-order valence-corrected chi connectivity index (χ1v) is 8.00. The van der Waals surface area contributed by atoms with Crippen LogP contribution in [0.25, 0.3) is 11.1 Å². The first kappa shape index (κ1) is 15.9. The number of oxazole rings is 1. The number of fused-ring (bicyclic) bond motifs is 1. The predicted octanol–water partition coefficient (Wildman–Crippen LogP) is 3.03. The molecule has 7 heteroatoms. The smallest absolute Gasteiger partial charge is 0.298 e. The molecule has 5 nitrogen and oxygen atoms in total. The van der Waals surface area contributed by atoms with Gasteiger partial charge < -0.3 is 19.3 Å². The lowest BCUT2D eigenvalue weighted by Gasteiger charge is -2.38. The van der Waals surface area contributed by atoms with Gasteiger partial charge in [-0.2, -0.15) is 4.98 Å². The largest absolute Gasteiger partial charge is 0.422 e. The number of anilines is 1. The second kappa shape index (κ2) is 5.89. The van der Waals surface area contributed by atoms with Crippen LogP contribution in [0, 0.1) is 0 Å². The number of hydrogen-bond donors (Lipinski definition) is 1. The molecule has 2 heterocycles. The number of piperidine rings is 1. The van der Waals surface area contributed by atoms with Crippen molar-refractivity contribution in [2.75, 3.05) is 38.6 Å². The summed E-state index contributed by atoms with van der Waals surface area (Å²) in [4.78, 5) is 8.51. The van der Waals surface area contributed by atoms with Gasteiger partial charge in [0.05, 0.1) is 10.6 Å². The molecule has 0 unspecified atom stereocenters. The summed E-state index contributed by atoms with van der Waals surface area (Å²) in [6, 6.07) is 3.92. The predicted molar refractivity (Wildman–Crippen MR) is 89.0 cm³/mol. The third-order valence-electron chi connectivity index (χ3n) is 3.97. The maximum Gasteiger partial charge on any atom is 0.298 e. The van der Waals surface area contributed by atoms with Gasteiger partial charge in [0.2, 0.25) is 0 Å². The summed E-state index contributed by atoms with van der Waals surface area (Å²) in [7, 11) is 3.94. The molecule has 120 valence electrons. The van der Waals surface area contributed by atoms with Crippen LogP contribution in [-0.4, -0.2) is 54.3 Å². The highest BCUT2D eigenvalue weighted by Crippen LogP contribution is 2.33. The van der Waals surface area contributed by atoms with E-state index < -0.39 is 5.60 Å². The van der Waals surface area contributed by atoms with Crippen LogP contribution in [-0.2, 0) is 0 Å². The molecule has 1 N–H and O–H groups in total. The molecule has 3 rings (SSSR count). The normalized spacial score (nSPS) is 18.4. The van der Waals surface area contributed by atoms with Crippen LogP contribution >= 0.6 is 23.2 Å². The minimum absolute atomic E-state index is 0.461. The van der Waals surface area contributed by atoms with Crippen molar-refractivity contribution in [3.8, 4) is 0 Å². The van der Waals surface area contributed by atoms with E-state index in [9.17, 15) is 5.11 Å². The number of nitrogens with zero attached hydrogens (tertiary/aromatic N) is 3. The molecule has 1 saturated heterocycles. The van der Waals surface area contributed by atoms with E-state index in [1.807, 2.05) is 23.9 Å². The molecule has 0 atom stereocenters. The summed E-state index contributed by atoms with van der Waals surface area (Å²) < 4.78 is 5.77. The fourth-order valence-electron chi connectivity index (χ4n) is 2.94. The molecule has 0 saturated carbocycles. The van der Waals surface area contributed by atoms with Gasteiger partial charge in [-0.15, -0.1) is 0 Å². The fourth-order valence-corrected chi connectivity index (χ4v) is 3.47. The minimum atomic E-state index is -0.646. The Kier molecular flexibility index (Phi) is 4.25. The zero-order valence-electron chi connectivity index (χ0n) is 12.6.